The van der Waals surface area contributed by atoms with Gasteiger partial charge in [-0.1, -0.05) is 103 Å². The van der Waals surface area contributed by atoms with Crippen LogP contribution in [0, 0.1) is 0 Å². The van der Waals surface area contributed by atoms with Crippen molar-refractivity contribution in [2.24, 2.45) is 0 Å². The van der Waals surface area contributed by atoms with Crippen molar-refractivity contribution in [3.8, 4) is 5.75 Å². The fourth-order valence-electron chi connectivity index (χ4n) is 4.63. The summed E-state index contributed by atoms with van der Waals surface area (Å²) in [4.78, 5) is 13.9. The van der Waals surface area contributed by atoms with Crippen LogP contribution >= 0.6 is 7.26 Å². The van der Waals surface area contributed by atoms with Gasteiger partial charge in [0.15, 0.2) is 0 Å². The Morgan fingerprint density at radius 2 is 1.05 bits per heavy atom. The molecule has 0 fully saturated rings. The van der Waals surface area contributed by atoms with Crippen molar-refractivity contribution >= 4 is 29.1 Å². The van der Waals surface area contributed by atoms with E-state index in [-0.39, 0.29) is 12.6 Å². The van der Waals surface area contributed by atoms with E-state index < -0.39 is 7.26 Å². The van der Waals surface area contributed by atoms with Gasteiger partial charge < -0.3 is 9.47 Å². The summed E-state index contributed by atoms with van der Waals surface area (Å²) in [7, 11) is -2.22. The number of esters is 1. The van der Waals surface area contributed by atoms with Gasteiger partial charge in [0.2, 0.25) is 0 Å². The van der Waals surface area contributed by atoms with Crippen molar-refractivity contribution in [2.75, 3.05) is 6.66 Å². The normalized spacial score (nSPS) is 11.1. The Morgan fingerprint density at radius 3 is 1.58 bits per heavy atom. The summed E-state index contributed by atoms with van der Waals surface area (Å²) in [5, 5.41) is 3.31. The number of carbonyl (C=O) groups excluding carboxylic acids is 1. The van der Waals surface area contributed by atoms with Crippen LogP contribution in [0.5, 0.6) is 5.75 Å². The Hall–Kier alpha value is -4.20. The zero-order valence-electron chi connectivity index (χ0n) is 21.4. The average Bonchev–Trinajstić information content (AvgIpc) is 3.00. The quantitative estimate of drug-likeness (QED) is 0.164. The number of rotatable bonds is 9. The van der Waals surface area contributed by atoms with Crippen LogP contribution in [-0.4, -0.2) is 12.6 Å². The molecule has 188 valence electrons. The van der Waals surface area contributed by atoms with E-state index in [0.717, 1.165) is 16.4 Å². The van der Waals surface area contributed by atoms with Crippen LogP contribution in [0.25, 0.3) is 0 Å². The third-order valence-electron chi connectivity index (χ3n) is 6.69. The number of benzene rings is 5. The molecular formula is C34H30O3P+. The summed E-state index contributed by atoms with van der Waals surface area (Å²) in [6, 6.07) is 46.5. The summed E-state index contributed by atoms with van der Waals surface area (Å²) >= 11 is 0. The smallest absolute Gasteiger partial charge is 0.346 e. The molecule has 0 radical (unpaired) electrons. The van der Waals surface area contributed by atoms with E-state index in [1.807, 2.05) is 84.9 Å². The summed E-state index contributed by atoms with van der Waals surface area (Å²) in [5.41, 5.74) is 2.46. The summed E-state index contributed by atoms with van der Waals surface area (Å²) in [6.45, 7) is 2.81. The van der Waals surface area contributed by atoms with E-state index in [0.29, 0.717) is 17.9 Å². The maximum absolute atomic E-state index is 13.9. The second-order valence-electron chi connectivity index (χ2n) is 9.16. The second kappa shape index (κ2) is 11.9. The minimum absolute atomic E-state index is 0.192. The van der Waals surface area contributed by atoms with Crippen LogP contribution in [0.1, 0.15) is 21.5 Å². The van der Waals surface area contributed by atoms with E-state index in [1.165, 1.54) is 10.6 Å². The van der Waals surface area contributed by atoms with E-state index >= 15 is 0 Å². The molecule has 4 heteroatoms. The zero-order chi connectivity index (χ0) is 26.2. The van der Waals surface area contributed by atoms with Gasteiger partial charge in [-0.05, 0) is 47.5 Å². The first-order valence-electron chi connectivity index (χ1n) is 12.7. The first kappa shape index (κ1) is 25.4. The molecule has 0 amide bonds. The largest absolute Gasteiger partial charge is 0.488 e. The lowest BCUT2D eigenvalue weighted by atomic mass is 10.2. The molecule has 0 aromatic heterocycles. The highest BCUT2D eigenvalue weighted by molar-refractivity contribution is 7.95. The fourth-order valence-corrected chi connectivity index (χ4v) is 8.05. The molecule has 0 aliphatic heterocycles. The predicted molar refractivity (Wildman–Crippen MR) is 157 cm³/mol. The van der Waals surface area contributed by atoms with E-state index in [9.17, 15) is 4.79 Å². The summed E-state index contributed by atoms with van der Waals surface area (Å²) < 4.78 is 12.2. The van der Waals surface area contributed by atoms with Gasteiger partial charge in [0.25, 0.3) is 0 Å². The van der Waals surface area contributed by atoms with Gasteiger partial charge in [-0.3, -0.25) is 0 Å². The lowest BCUT2D eigenvalue weighted by Gasteiger charge is -2.26. The summed E-state index contributed by atoms with van der Waals surface area (Å²) in [6.07, 6.45) is 0. The number of carbonyl (C=O) groups is 1. The van der Waals surface area contributed by atoms with Crippen LogP contribution in [-0.2, 0) is 18.0 Å². The molecule has 0 spiro atoms. The van der Waals surface area contributed by atoms with E-state index in [4.69, 9.17) is 9.47 Å². The van der Waals surface area contributed by atoms with Crippen molar-refractivity contribution in [3.63, 3.8) is 0 Å². The van der Waals surface area contributed by atoms with Gasteiger partial charge >= 0.3 is 5.97 Å². The van der Waals surface area contributed by atoms with Crippen LogP contribution < -0.4 is 20.7 Å². The standard InChI is InChI=1S/C34H30O3P/c1-38(29-19-10-4-11-20-29,30-21-12-5-13-22-30)32-24-14-23-31(36-25-27-15-6-2-7-16-27)33(32)34(35)37-26-28-17-8-3-9-18-28/h2-24H,25-26H2,1H3/q+1. The molecule has 0 N–H and O–H groups in total. The molecule has 3 nitrogen and oxygen atoms in total. The first-order chi connectivity index (χ1) is 18.7. The third kappa shape index (κ3) is 5.54. The van der Waals surface area contributed by atoms with Gasteiger partial charge in [-0.2, -0.15) is 0 Å². The Bertz CT molecular complexity index is 1430. The van der Waals surface area contributed by atoms with Crippen molar-refractivity contribution in [1.29, 1.82) is 0 Å². The third-order valence-corrected chi connectivity index (χ3v) is 10.7. The van der Waals surface area contributed by atoms with Gasteiger partial charge in [0.1, 0.15) is 47.7 Å². The molecule has 0 aliphatic rings. The highest BCUT2D eigenvalue weighted by atomic mass is 31.2. The van der Waals surface area contributed by atoms with E-state index in [1.54, 1.807) is 0 Å². The summed E-state index contributed by atoms with van der Waals surface area (Å²) in [5.74, 6) is 0.146. The SMILES string of the molecule is C[P+](c1ccccc1)(c1ccccc1)c1cccc(OCc2ccccc2)c1C(=O)OCc1ccccc1. The molecular weight excluding hydrogens is 487 g/mol. The van der Waals surface area contributed by atoms with Crippen LogP contribution in [0.15, 0.2) is 140 Å². The Balaban J connectivity index is 1.62. The predicted octanol–water partition coefficient (Wildman–Crippen LogP) is 6.55. The lowest BCUT2D eigenvalue weighted by Crippen LogP contribution is -2.34. The van der Waals surface area contributed by atoms with Crippen LogP contribution in [0.4, 0.5) is 0 Å². The maximum atomic E-state index is 13.9. The topological polar surface area (TPSA) is 35.5 Å². The molecule has 5 aromatic rings. The van der Waals surface area contributed by atoms with Gasteiger partial charge in [0, 0.05) is 0 Å². The Kier molecular flexibility index (Phi) is 7.97. The molecule has 5 aromatic carbocycles. The molecule has 0 saturated carbocycles. The molecule has 5 rings (SSSR count). The highest BCUT2D eigenvalue weighted by Gasteiger charge is 2.44. The molecule has 0 unspecified atom stereocenters. The number of hydrogen-bond acceptors (Lipinski definition) is 3. The minimum Gasteiger partial charge on any atom is -0.488 e. The average molecular weight is 518 g/mol. The fraction of sp³-hybridized carbons (Fsp3) is 0.0882. The van der Waals surface area contributed by atoms with Gasteiger partial charge in [0.05, 0.1) is 6.66 Å². The molecule has 38 heavy (non-hydrogen) atoms. The first-order valence-corrected chi connectivity index (χ1v) is 14.9. The second-order valence-corrected chi connectivity index (χ2v) is 12.7. The zero-order valence-corrected chi connectivity index (χ0v) is 22.3. The van der Waals surface area contributed by atoms with Crippen molar-refractivity contribution in [2.45, 2.75) is 13.2 Å². The molecule has 0 bridgehead atoms. The lowest BCUT2D eigenvalue weighted by molar-refractivity contribution is 0.0469. The van der Waals surface area contributed by atoms with E-state index in [2.05, 4.69) is 61.3 Å². The number of ether oxygens (including phenoxy) is 2. The Labute approximate surface area is 225 Å². The Morgan fingerprint density at radius 1 is 0.579 bits per heavy atom. The molecule has 0 saturated heterocycles. The van der Waals surface area contributed by atoms with Crippen LogP contribution in [0.3, 0.4) is 0 Å². The number of hydrogen-bond donors (Lipinski definition) is 0. The van der Waals surface area contributed by atoms with Gasteiger partial charge in [-0.15, -0.1) is 0 Å². The molecule has 0 aliphatic carbocycles. The maximum Gasteiger partial charge on any atom is 0.346 e. The molecule has 0 atom stereocenters. The van der Waals surface area contributed by atoms with Crippen molar-refractivity contribution in [1.82, 2.24) is 0 Å². The van der Waals surface area contributed by atoms with Gasteiger partial charge in [-0.25, -0.2) is 4.79 Å². The monoisotopic (exact) mass is 517 g/mol. The van der Waals surface area contributed by atoms with Crippen LogP contribution in [0.2, 0.25) is 0 Å². The minimum atomic E-state index is -2.22. The van der Waals surface area contributed by atoms with Crippen molar-refractivity contribution in [3.05, 3.63) is 156 Å². The highest BCUT2D eigenvalue weighted by Crippen LogP contribution is 2.53. The molecule has 0 heterocycles. The van der Waals surface area contributed by atoms with Crippen molar-refractivity contribution < 1.29 is 14.3 Å².